The quantitative estimate of drug-likeness (QED) is 0.202. The summed E-state index contributed by atoms with van der Waals surface area (Å²) in [5.41, 5.74) is 7.32. The van der Waals surface area contributed by atoms with E-state index in [-0.39, 0.29) is 0 Å². The van der Waals surface area contributed by atoms with Crippen LogP contribution in [-0.4, -0.2) is 0 Å². The monoisotopic (exact) mass is 458 g/mol. The second-order valence-corrected chi connectivity index (χ2v) is 10.2. The minimum atomic E-state index is 1.09. The zero-order valence-electron chi connectivity index (χ0n) is 17.0. The molecule has 0 radical (unpaired) electrons. The molecular weight excluding hydrogens is 445 g/mol. The van der Waals surface area contributed by atoms with Crippen LogP contribution in [-0.2, 0) is 0 Å². The Kier molecular flexibility index (Phi) is 3.81. The summed E-state index contributed by atoms with van der Waals surface area (Å²) in [6.07, 6.45) is 0. The van der Waals surface area contributed by atoms with Gasteiger partial charge in [0.1, 0.15) is 0 Å². The van der Waals surface area contributed by atoms with Gasteiger partial charge < -0.3 is 0 Å². The van der Waals surface area contributed by atoms with Crippen molar-refractivity contribution in [1.82, 2.24) is 0 Å². The number of fused-ring (bicyclic) bond motifs is 10. The highest BCUT2D eigenvalue weighted by Crippen LogP contribution is 2.47. The molecule has 0 saturated heterocycles. The third kappa shape index (κ3) is 2.26. The van der Waals surface area contributed by atoms with Gasteiger partial charge in [0.25, 0.3) is 0 Å². The summed E-state index contributed by atoms with van der Waals surface area (Å²) in [5.74, 6) is 9.93. The van der Waals surface area contributed by atoms with E-state index >= 15 is 0 Å². The van der Waals surface area contributed by atoms with Gasteiger partial charge >= 0.3 is 0 Å². The molecule has 0 fully saturated rings. The Morgan fingerprint density at radius 2 is 1.19 bits per heavy atom. The minimum Gasteiger partial charge on any atom is -0.134 e. The molecule has 148 valence electrons. The normalized spacial score (nSPS) is 12.7. The molecule has 2 aliphatic carbocycles. The van der Waals surface area contributed by atoms with Crippen molar-refractivity contribution in [2.75, 3.05) is 0 Å². The molecule has 2 aliphatic rings. The molecule has 0 nitrogen and oxygen atoms in total. The van der Waals surface area contributed by atoms with Crippen LogP contribution >= 0.6 is 35.3 Å². The van der Waals surface area contributed by atoms with Crippen molar-refractivity contribution >= 4 is 66.6 Å². The number of hydrogen-bond acceptors (Lipinski definition) is 3. The summed E-state index contributed by atoms with van der Waals surface area (Å²) in [6, 6.07) is 22.0. The van der Waals surface area contributed by atoms with E-state index in [1.54, 1.807) is 0 Å². The molecule has 0 amide bonds. The predicted molar refractivity (Wildman–Crippen MR) is 143 cm³/mol. The van der Waals surface area contributed by atoms with Crippen molar-refractivity contribution in [2.45, 2.75) is 6.92 Å². The van der Waals surface area contributed by atoms with Crippen LogP contribution in [0.5, 0.6) is 0 Å². The molecule has 0 aliphatic heterocycles. The van der Waals surface area contributed by atoms with E-state index in [4.69, 9.17) is 0 Å². The smallest absolute Gasteiger partial charge is 0.0447 e. The molecule has 7 rings (SSSR count). The van der Waals surface area contributed by atoms with Gasteiger partial charge in [-0.25, -0.2) is 0 Å². The zero-order valence-corrected chi connectivity index (χ0v) is 19.6. The van der Waals surface area contributed by atoms with Crippen molar-refractivity contribution in [1.29, 1.82) is 0 Å². The Hall–Kier alpha value is -3.21. The molecule has 0 atom stereocenters. The van der Waals surface area contributed by atoms with E-state index in [9.17, 15) is 0 Å². The maximum atomic E-state index is 4.26. The molecule has 5 aromatic rings. The second-order valence-electron chi connectivity index (χ2n) is 7.91. The maximum absolute atomic E-state index is 4.26. The first-order valence-corrected chi connectivity index (χ1v) is 12.4. The average molecular weight is 459 g/mol. The van der Waals surface area contributed by atoms with Gasteiger partial charge in [0, 0.05) is 73.8 Å². The lowest BCUT2D eigenvalue weighted by Crippen LogP contribution is -2.13. The summed E-state index contributed by atoms with van der Waals surface area (Å²) < 4.78 is 2.60. The van der Waals surface area contributed by atoms with Gasteiger partial charge in [-0.1, -0.05) is 60.9 Å². The molecular formula is C29H14S3. The van der Waals surface area contributed by atoms with E-state index in [1.807, 2.05) is 29.6 Å². The van der Waals surface area contributed by atoms with E-state index < -0.39 is 0 Å². The molecule has 3 aromatic carbocycles. The number of hydrogen-bond donors (Lipinski definition) is 1. The lowest BCUT2D eigenvalue weighted by atomic mass is 10.0. The number of benzene rings is 3. The second kappa shape index (κ2) is 6.64. The molecule has 0 bridgehead atoms. The average Bonchev–Trinajstić information content (AvgIpc) is 3.52. The van der Waals surface area contributed by atoms with E-state index in [0.29, 0.717) is 0 Å². The summed E-state index contributed by atoms with van der Waals surface area (Å²) in [6.45, 7) is 1.92. The van der Waals surface area contributed by atoms with Gasteiger partial charge in [-0.15, -0.1) is 28.6 Å². The maximum Gasteiger partial charge on any atom is 0.0447 e. The molecule has 0 spiro atoms. The topological polar surface area (TPSA) is 0 Å². The third-order valence-corrected chi connectivity index (χ3v) is 8.83. The molecule has 2 aromatic heterocycles. The lowest BCUT2D eigenvalue weighted by molar-refractivity contribution is 1.58. The summed E-state index contributed by atoms with van der Waals surface area (Å²) in [4.78, 5) is 2.62. The molecule has 2 heterocycles. The highest BCUT2D eigenvalue weighted by atomic mass is 32.1. The van der Waals surface area contributed by atoms with Gasteiger partial charge in [0.05, 0.1) is 0 Å². The van der Waals surface area contributed by atoms with Gasteiger partial charge in [0.15, 0.2) is 0 Å². The Labute approximate surface area is 199 Å². The van der Waals surface area contributed by atoms with Crippen molar-refractivity contribution in [3.8, 4) is 43.9 Å². The zero-order chi connectivity index (χ0) is 21.4. The van der Waals surface area contributed by atoms with Crippen LogP contribution in [0.2, 0.25) is 0 Å². The third-order valence-electron chi connectivity index (χ3n) is 6.31. The Bertz CT molecular complexity index is 1760. The van der Waals surface area contributed by atoms with Gasteiger partial charge in [-0.05, 0) is 36.4 Å². The van der Waals surface area contributed by atoms with Crippen LogP contribution in [0.25, 0.3) is 52.2 Å². The predicted octanol–water partition coefficient (Wildman–Crippen LogP) is 6.39. The van der Waals surface area contributed by atoms with Crippen LogP contribution < -0.4 is 10.4 Å². The fourth-order valence-electron chi connectivity index (χ4n) is 5.07. The van der Waals surface area contributed by atoms with Crippen LogP contribution in [0.15, 0.2) is 60.7 Å². The summed E-state index contributed by atoms with van der Waals surface area (Å²) in [5, 5.41) is 7.90. The van der Waals surface area contributed by atoms with E-state index in [1.165, 1.54) is 62.6 Å². The van der Waals surface area contributed by atoms with Crippen molar-refractivity contribution < 1.29 is 0 Å². The van der Waals surface area contributed by atoms with E-state index in [0.717, 1.165) is 11.1 Å². The highest BCUT2D eigenvalue weighted by molar-refractivity contribution is 7.85. The first-order chi connectivity index (χ1) is 15.8. The molecule has 0 N–H and O–H groups in total. The minimum absolute atomic E-state index is 1.09. The fraction of sp³-hybridized carbons (Fsp3) is 0.0345. The van der Waals surface area contributed by atoms with Crippen molar-refractivity contribution in [3.63, 3.8) is 0 Å². The lowest BCUT2D eigenvalue weighted by Gasteiger charge is -2.00. The van der Waals surface area contributed by atoms with Crippen LogP contribution in [0.3, 0.4) is 0 Å². The first-order valence-electron chi connectivity index (χ1n) is 10.3. The van der Waals surface area contributed by atoms with Crippen LogP contribution in [0.1, 0.15) is 18.1 Å². The Morgan fingerprint density at radius 3 is 1.69 bits per heavy atom. The molecule has 32 heavy (non-hydrogen) atoms. The Morgan fingerprint density at radius 1 is 0.688 bits per heavy atom. The summed E-state index contributed by atoms with van der Waals surface area (Å²) >= 11 is 7.97. The van der Waals surface area contributed by atoms with Crippen LogP contribution in [0.4, 0.5) is 0 Å². The van der Waals surface area contributed by atoms with E-state index in [2.05, 4.69) is 96.3 Å². The highest BCUT2D eigenvalue weighted by Gasteiger charge is 2.29. The van der Waals surface area contributed by atoms with Gasteiger partial charge in [-0.3, -0.25) is 0 Å². The number of rotatable bonds is 0. The van der Waals surface area contributed by atoms with Crippen molar-refractivity contribution in [3.05, 3.63) is 82.2 Å². The molecule has 3 heteroatoms. The number of thiol groups is 1. The van der Waals surface area contributed by atoms with Crippen molar-refractivity contribution in [2.24, 2.45) is 0 Å². The molecule has 0 saturated carbocycles. The standard InChI is InChI=1S/C29H14S3/c1-2-7-16-20-14-23-21(15-22(20)28-26(16)18-8-3-5-10-24(18)31-28)17(12-13-30)27-19-9-4-6-11-25(19)32-29(23)27/h3-6,8-11,14-15,30H,1H3. The Balaban J connectivity index is 1.67. The molecule has 0 unspecified atom stereocenters. The SMILES string of the molecule is CC#CC1=c2cc3c(cc2-c2sc4ccccc4c21)=C(C#CS)c1c-3sc2ccccc12. The summed E-state index contributed by atoms with van der Waals surface area (Å²) in [7, 11) is 0. The first kappa shape index (κ1) is 18.4. The van der Waals surface area contributed by atoms with Gasteiger partial charge in [-0.2, -0.15) is 0 Å². The largest absolute Gasteiger partial charge is 0.134 e. The fourth-order valence-corrected chi connectivity index (χ4v) is 7.66. The number of thiophene rings is 2. The van der Waals surface area contributed by atoms with Gasteiger partial charge in [0.2, 0.25) is 0 Å². The van der Waals surface area contributed by atoms with Crippen LogP contribution in [0, 0.1) is 23.0 Å².